The van der Waals surface area contributed by atoms with E-state index in [1.165, 1.54) is 4.90 Å². The van der Waals surface area contributed by atoms with Crippen LogP contribution >= 0.6 is 0 Å². The molecule has 1 amide bonds. The van der Waals surface area contributed by atoms with Crippen LogP contribution in [0, 0.1) is 5.92 Å². The Morgan fingerprint density at radius 1 is 1.08 bits per heavy atom. The Balaban J connectivity index is 2.23. The molecule has 1 N–H and O–H groups in total. The summed E-state index contributed by atoms with van der Waals surface area (Å²) in [6.07, 6.45) is 0. The summed E-state index contributed by atoms with van der Waals surface area (Å²) < 4.78 is 1.58. The third kappa shape index (κ3) is 3.08. The van der Waals surface area contributed by atoms with Gasteiger partial charge in [-0.15, -0.1) is 0 Å². The Morgan fingerprint density at radius 2 is 1.69 bits per heavy atom. The summed E-state index contributed by atoms with van der Waals surface area (Å²) in [7, 11) is 1.60. The second kappa shape index (κ2) is 7.04. The lowest BCUT2D eigenvalue weighted by atomic mass is 10.1. The van der Waals surface area contributed by atoms with Crippen LogP contribution in [0.25, 0.3) is 10.9 Å². The van der Waals surface area contributed by atoms with Crippen molar-refractivity contribution in [2.24, 2.45) is 5.92 Å². The summed E-state index contributed by atoms with van der Waals surface area (Å²) in [5.74, 6) is -0.573. The van der Waals surface area contributed by atoms with Crippen LogP contribution in [0.3, 0.4) is 0 Å². The van der Waals surface area contributed by atoms with Crippen molar-refractivity contribution in [1.82, 2.24) is 4.57 Å². The van der Waals surface area contributed by atoms with Crippen LogP contribution < -0.4 is 10.5 Å². The van der Waals surface area contributed by atoms with Gasteiger partial charge in [-0.1, -0.05) is 44.2 Å². The number of rotatable bonds is 4. The molecular weight excluding hydrogens is 328 g/mol. The average molecular weight is 350 g/mol. The van der Waals surface area contributed by atoms with Crippen molar-refractivity contribution >= 4 is 22.5 Å². The van der Waals surface area contributed by atoms with Gasteiger partial charge in [0.15, 0.2) is 0 Å². The van der Waals surface area contributed by atoms with Crippen molar-refractivity contribution in [1.29, 1.82) is 0 Å². The fourth-order valence-electron chi connectivity index (χ4n) is 3.07. The van der Waals surface area contributed by atoms with Gasteiger partial charge in [0, 0.05) is 24.7 Å². The molecule has 134 valence electrons. The van der Waals surface area contributed by atoms with Crippen molar-refractivity contribution in [3.05, 3.63) is 70.5 Å². The average Bonchev–Trinajstić information content (AvgIpc) is 2.65. The molecule has 0 fully saturated rings. The van der Waals surface area contributed by atoms with E-state index >= 15 is 0 Å². The summed E-state index contributed by atoms with van der Waals surface area (Å²) >= 11 is 0. The number of pyridine rings is 1. The van der Waals surface area contributed by atoms with Gasteiger partial charge < -0.3 is 14.6 Å². The Kier molecular flexibility index (Phi) is 4.80. The van der Waals surface area contributed by atoms with Crippen LogP contribution in [0.2, 0.25) is 0 Å². The van der Waals surface area contributed by atoms with Crippen LogP contribution in [0.4, 0.5) is 5.69 Å². The number of hydrogen-bond acceptors (Lipinski definition) is 3. The summed E-state index contributed by atoms with van der Waals surface area (Å²) in [6.45, 7) is 4.48. The number of anilines is 1. The Labute approximate surface area is 152 Å². The predicted molar refractivity (Wildman–Crippen MR) is 104 cm³/mol. The van der Waals surface area contributed by atoms with Crippen LogP contribution in [0.15, 0.2) is 59.4 Å². The fourth-order valence-corrected chi connectivity index (χ4v) is 3.07. The highest BCUT2D eigenvalue weighted by molar-refractivity contribution is 6.10. The van der Waals surface area contributed by atoms with E-state index in [0.29, 0.717) is 23.1 Å². The van der Waals surface area contributed by atoms with Crippen LogP contribution in [-0.2, 0) is 6.54 Å². The third-order valence-electron chi connectivity index (χ3n) is 4.36. The van der Waals surface area contributed by atoms with E-state index < -0.39 is 11.5 Å². The maximum atomic E-state index is 13.1. The van der Waals surface area contributed by atoms with Crippen LogP contribution in [0.1, 0.15) is 24.2 Å². The smallest absolute Gasteiger partial charge is 0.267 e. The van der Waals surface area contributed by atoms with Gasteiger partial charge in [0.1, 0.15) is 11.3 Å². The SMILES string of the molecule is CC(C)Cn1c(=O)c(C(=O)N(C)c2ccccc2)c(O)c2ccccc21. The predicted octanol–water partition coefficient (Wildman–Crippen LogP) is 3.64. The maximum Gasteiger partial charge on any atom is 0.267 e. The first-order valence-corrected chi connectivity index (χ1v) is 8.59. The molecule has 0 aliphatic carbocycles. The number of hydrogen-bond donors (Lipinski definition) is 1. The topological polar surface area (TPSA) is 62.5 Å². The van der Waals surface area contributed by atoms with Gasteiger partial charge in [-0.2, -0.15) is 0 Å². The molecule has 1 heterocycles. The normalized spacial score (nSPS) is 11.1. The molecule has 2 aromatic carbocycles. The van der Waals surface area contributed by atoms with E-state index in [2.05, 4.69) is 0 Å². The van der Waals surface area contributed by atoms with Gasteiger partial charge in [0.05, 0.1) is 5.52 Å². The largest absolute Gasteiger partial charge is 0.506 e. The molecule has 0 spiro atoms. The van der Waals surface area contributed by atoms with Crippen molar-refractivity contribution < 1.29 is 9.90 Å². The van der Waals surface area contributed by atoms with E-state index in [0.717, 1.165) is 0 Å². The summed E-state index contributed by atoms with van der Waals surface area (Å²) in [5, 5.41) is 11.2. The lowest BCUT2D eigenvalue weighted by Gasteiger charge is -2.20. The molecule has 0 atom stereocenters. The molecule has 5 nitrogen and oxygen atoms in total. The number of aromatic hydroxyl groups is 1. The van der Waals surface area contributed by atoms with Crippen molar-refractivity contribution in [3.63, 3.8) is 0 Å². The molecule has 0 radical (unpaired) electrons. The molecule has 0 bridgehead atoms. The Hall–Kier alpha value is -3.08. The third-order valence-corrected chi connectivity index (χ3v) is 4.36. The maximum absolute atomic E-state index is 13.1. The number of para-hydroxylation sites is 2. The van der Waals surface area contributed by atoms with E-state index in [4.69, 9.17) is 0 Å². The lowest BCUT2D eigenvalue weighted by Crippen LogP contribution is -2.35. The Morgan fingerprint density at radius 3 is 2.35 bits per heavy atom. The zero-order valence-corrected chi connectivity index (χ0v) is 15.1. The minimum absolute atomic E-state index is 0.198. The van der Waals surface area contributed by atoms with Gasteiger partial charge in [0.2, 0.25) is 0 Å². The molecule has 26 heavy (non-hydrogen) atoms. The molecule has 0 saturated heterocycles. The highest BCUT2D eigenvalue weighted by Gasteiger charge is 2.25. The first-order valence-electron chi connectivity index (χ1n) is 8.59. The minimum atomic E-state index is -0.526. The van der Waals surface area contributed by atoms with E-state index in [1.807, 2.05) is 38.1 Å². The van der Waals surface area contributed by atoms with Gasteiger partial charge in [-0.05, 0) is 30.2 Å². The number of aromatic nitrogens is 1. The lowest BCUT2D eigenvalue weighted by molar-refractivity contribution is 0.0988. The second-order valence-electron chi connectivity index (χ2n) is 6.75. The van der Waals surface area contributed by atoms with Crippen molar-refractivity contribution in [2.45, 2.75) is 20.4 Å². The molecule has 0 aliphatic rings. The zero-order chi connectivity index (χ0) is 18.8. The molecule has 5 heteroatoms. The van der Waals surface area contributed by atoms with Crippen LogP contribution in [0.5, 0.6) is 5.75 Å². The van der Waals surface area contributed by atoms with Gasteiger partial charge in [0.25, 0.3) is 11.5 Å². The monoisotopic (exact) mass is 350 g/mol. The highest BCUT2D eigenvalue weighted by Crippen LogP contribution is 2.28. The van der Waals surface area contributed by atoms with E-state index in [9.17, 15) is 14.7 Å². The minimum Gasteiger partial charge on any atom is -0.506 e. The van der Waals surface area contributed by atoms with Gasteiger partial charge >= 0.3 is 0 Å². The quantitative estimate of drug-likeness (QED) is 0.781. The molecule has 1 aromatic heterocycles. The molecule has 0 unspecified atom stereocenters. The van der Waals surface area contributed by atoms with E-state index in [1.54, 1.807) is 41.9 Å². The van der Waals surface area contributed by atoms with Crippen molar-refractivity contribution in [3.8, 4) is 5.75 Å². The summed E-state index contributed by atoms with van der Waals surface area (Å²) in [6, 6.07) is 16.1. The standard InChI is InChI=1S/C21H22N2O3/c1-14(2)13-23-17-12-8-7-11-16(17)19(24)18(21(23)26)20(25)22(3)15-9-5-4-6-10-15/h4-12,14,24H,13H2,1-3H3. The number of benzene rings is 2. The molecule has 3 aromatic rings. The molecule has 0 aliphatic heterocycles. The number of amides is 1. The summed E-state index contributed by atoms with van der Waals surface area (Å²) in [5.41, 5.74) is 0.612. The number of carbonyl (C=O) groups excluding carboxylic acids is 1. The molecule has 3 rings (SSSR count). The Bertz CT molecular complexity index is 1010. The first-order chi connectivity index (χ1) is 12.4. The van der Waals surface area contributed by atoms with Crippen LogP contribution in [-0.4, -0.2) is 22.6 Å². The summed E-state index contributed by atoms with van der Waals surface area (Å²) in [4.78, 5) is 27.5. The van der Waals surface area contributed by atoms with Gasteiger partial charge in [-0.3, -0.25) is 9.59 Å². The number of nitrogens with zero attached hydrogens (tertiary/aromatic N) is 2. The van der Waals surface area contributed by atoms with Crippen molar-refractivity contribution in [2.75, 3.05) is 11.9 Å². The second-order valence-corrected chi connectivity index (χ2v) is 6.75. The number of carbonyl (C=O) groups is 1. The number of fused-ring (bicyclic) bond motifs is 1. The molecule has 0 saturated carbocycles. The first kappa shape index (κ1) is 17.7. The molecular formula is C21H22N2O3. The van der Waals surface area contributed by atoms with Gasteiger partial charge in [-0.25, -0.2) is 0 Å². The fraction of sp³-hybridized carbons (Fsp3) is 0.238. The van der Waals surface area contributed by atoms with E-state index in [-0.39, 0.29) is 17.2 Å². The highest BCUT2D eigenvalue weighted by atomic mass is 16.3. The zero-order valence-electron chi connectivity index (χ0n) is 15.1.